The van der Waals surface area contributed by atoms with E-state index in [1.54, 1.807) is 25.2 Å². The number of ether oxygens (including phenoxy) is 2. The van der Waals surface area contributed by atoms with Crippen LogP contribution in [0.5, 0.6) is 5.75 Å². The summed E-state index contributed by atoms with van der Waals surface area (Å²) >= 11 is 0. The summed E-state index contributed by atoms with van der Waals surface area (Å²) in [6.07, 6.45) is 0.583. The Morgan fingerprint density at radius 1 is 1.32 bits per heavy atom. The van der Waals surface area contributed by atoms with Crippen LogP contribution in [0.25, 0.3) is 0 Å². The highest BCUT2D eigenvalue weighted by Crippen LogP contribution is 2.25. The Hall–Kier alpha value is -2.08. The molecule has 0 bridgehead atoms. The minimum Gasteiger partial charge on any atom is -0.496 e. The third-order valence-electron chi connectivity index (χ3n) is 3.97. The normalized spacial score (nSPS) is 20.9. The molecule has 2 unspecified atom stereocenters. The summed E-state index contributed by atoms with van der Waals surface area (Å²) in [5, 5.41) is 9.01. The second-order valence-electron chi connectivity index (χ2n) is 5.38. The second kappa shape index (κ2) is 7.26. The molecule has 1 aromatic carbocycles. The number of benzene rings is 1. The molecule has 6 nitrogen and oxygen atoms in total. The van der Waals surface area contributed by atoms with Crippen molar-refractivity contribution in [3.63, 3.8) is 0 Å². The minimum atomic E-state index is -0.906. The topological polar surface area (TPSA) is 76.1 Å². The first-order valence-electron chi connectivity index (χ1n) is 7.21. The van der Waals surface area contributed by atoms with E-state index in [0.717, 1.165) is 5.56 Å². The molecular weight excluding hydrogens is 286 g/mol. The number of carboxylic acid groups (broad SMARTS) is 1. The van der Waals surface area contributed by atoms with E-state index in [0.29, 0.717) is 18.7 Å². The number of aliphatic carboxylic acids is 1. The highest BCUT2D eigenvalue weighted by molar-refractivity contribution is 5.81. The first-order chi connectivity index (χ1) is 10.5. The number of rotatable bonds is 6. The van der Waals surface area contributed by atoms with Crippen LogP contribution in [-0.2, 0) is 20.7 Å². The highest BCUT2D eigenvalue weighted by Gasteiger charge is 2.36. The lowest BCUT2D eigenvalue weighted by molar-refractivity contribution is -0.139. The van der Waals surface area contributed by atoms with Gasteiger partial charge in [-0.05, 0) is 12.5 Å². The quantitative estimate of drug-likeness (QED) is 0.858. The number of methoxy groups -OCH3 is 2. The SMILES string of the molecule is COc1ccccc1CC(=O)N1CC(OC)CC1CC(=O)O. The molecule has 1 aliphatic heterocycles. The maximum atomic E-state index is 12.6. The Kier molecular flexibility index (Phi) is 5.38. The number of likely N-dealkylation sites (tertiary alicyclic amines) is 1. The maximum Gasteiger partial charge on any atom is 0.305 e. The standard InChI is InChI=1S/C16H21NO5/c1-21-13-8-12(9-16(19)20)17(10-13)15(18)7-11-5-3-4-6-14(11)22-2/h3-6,12-13H,7-10H2,1-2H3,(H,19,20). The number of hydrogen-bond donors (Lipinski definition) is 1. The average Bonchev–Trinajstić information content (AvgIpc) is 2.90. The van der Waals surface area contributed by atoms with Crippen LogP contribution in [0.4, 0.5) is 0 Å². The van der Waals surface area contributed by atoms with Gasteiger partial charge >= 0.3 is 5.97 Å². The predicted octanol–water partition coefficient (Wildman–Crippen LogP) is 1.33. The molecule has 1 saturated heterocycles. The van der Waals surface area contributed by atoms with E-state index in [-0.39, 0.29) is 30.9 Å². The third-order valence-corrected chi connectivity index (χ3v) is 3.97. The van der Waals surface area contributed by atoms with Gasteiger partial charge in [0.25, 0.3) is 0 Å². The molecule has 1 amide bonds. The van der Waals surface area contributed by atoms with Crippen molar-refractivity contribution in [1.82, 2.24) is 4.90 Å². The van der Waals surface area contributed by atoms with E-state index in [1.807, 2.05) is 18.2 Å². The minimum absolute atomic E-state index is 0.0580. The number of carbonyl (C=O) groups excluding carboxylic acids is 1. The average molecular weight is 307 g/mol. The van der Waals surface area contributed by atoms with Crippen LogP contribution in [-0.4, -0.2) is 54.8 Å². The van der Waals surface area contributed by atoms with Gasteiger partial charge in [-0.25, -0.2) is 0 Å². The van der Waals surface area contributed by atoms with Crippen molar-refractivity contribution >= 4 is 11.9 Å². The van der Waals surface area contributed by atoms with Gasteiger partial charge in [0.15, 0.2) is 0 Å². The molecule has 1 aliphatic rings. The Morgan fingerprint density at radius 2 is 2.05 bits per heavy atom. The first-order valence-corrected chi connectivity index (χ1v) is 7.21. The van der Waals surface area contributed by atoms with Crippen LogP contribution in [0.15, 0.2) is 24.3 Å². The van der Waals surface area contributed by atoms with E-state index >= 15 is 0 Å². The Bertz CT molecular complexity index is 545. The number of amides is 1. The van der Waals surface area contributed by atoms with Crippen molar-refractivity contribution in [1.29, 1.82) is 0 Å². The van der Waals surface area contributed by atoms with Gasteiger partial charge in [0.1, 0.15) is 5.75 Å². The fourth-order valence-corrected chi connectivity index (χ4v) is 2.86. The molecule has 2 rings (SSSR count). The zero-order valence-corrected chi connectivity index (χ0v) is 12.8. The lowest BCUT2D eigenvalue weighted by Gasteiger charge is -2.23. The van der Waals surface area contributed by atoms with E-state index in [1.165, 1.54) is 0 Å². The van der Waals surface area contributed by atoms with Crippen LogP contribution in [0.2, 0.25) is 0 Å². The molecule has 1 fully saturated rings. The molecule has 0 aliphatic carbocycles. The van der Waals surface area contributed by atoms with Crippen LogP contribution in [0, 0.1) is 0 Å². The van der Waals surface area contributed by atoms with Crippen LogP contribution < -0.4 is 4.74 Å². The largest absolute Gasteiger partial charge is 0.496 e. The first kappa shape index (κ1) is 16.3. The van der Waals surface area contributed by atoms with Crippen molar-refractivity contribution in [2.45, 2.75) is 31.4 Å². The molecule has 6 heteroatoms. The van der Waals surface area contributed by atoms with Gasteiger partial charge in [0.05, 0.1) is 26.1 Å². The number of carbonyl (C=O) groups is 2. The van der Waals surface area contributed by atoms with Gasteiger partial charge in [0.2, 0.25) is 5.91 Å². The van der Waals surface area contributed by atoms with Gasteiger partial charge in [0, 0.05) is 25.3 Å². The van der Waals surface area contributed by atoms with E-state index in [4.69, 9.17) is 14.6 Å². The van der Waals surface area contributed by atoms with Crippen molar-refractivity contribution in [3.05, 3.63) is 29.8 Å². The number of nitrogens with zero attached hydrogens (tertiary/aromatic N) is 1. The van der Waals surface area contributed by atoms with Crippen molar-refractivity contribution in [2.75, 3.05) is 20.8 Å². The second-order valence-corrected chi connectivity index (χ2v) is 5.38. The third kappa shape index (κ3) is 3.76. The Balaban J connectivity index is 2.10. The Morgan fingerprint density at radius 3 is 2.68 bits per heavy atom. The smallest absolute Gasteiger partial charge is 0.305 e. The molecule has 0 aromatic heterocycles. The molecule has 1 aromatic rings. The van der Waals surface area contributed by atoms with Gasteiger partial charge in [-0.15, -0.1) is 0 Å². The summed E-state index contributed by atoms with van der Waals surface area (Å²) in [5.74, 6) is -0.347. The summed E-state index contributed by atoms with van der Waals surface area (Å²) < 4.78 is 10.5. The molecular formula is C16H21NO5. The van der Waals surface area contributed by atoms with Crippen LogP contribution in [0.3, 0.4) is 0 Å². The lowest BCUT2D eigenvalue weighted by Crippen LogP contribution is -2.38. The van der Waals surface area contributed by atoms with Crippen molar-refractivity contribution in [2.24, 2.45) is 0 Å². The van der Waals surface area contributed by atoms with Crippen molar-refractivity contribution in [3.8, 4) is 5.75 Å². The maximum absolute atomic E-state index is 12.6. The number of carboxylic acids is 1. The van der Waals surface area contributed by atoms with Crippen LogP contribution >= 0.6 is 0 Å². The molecule has 0 radical (unpaired) electrons. The van der Waals surface area contributed by atoms with E-state index in [2.05, 4.69) is 0 Å². The van der Waals surface area contributed by atoms with Gasteiger partial charge < -0.3 is 19.5 Å². The fraction of sp³-hybridized carbons (Fsp3) is 0.500. The van der Waals surface area contributed by atoms with Crippen LogP contribution in [0.1, 0.15) is 18.4 Å². The highest BCUT2D eigenvalue weighted by atomic mass is 16.5. The lowest BCUT2D eigenvalue weighted by atomic mass is 10.1. The molecule has 1 heterocycles. The fourth-order valence-electron chi connectivity index (χ4n) is 2.86. The monoisotopic (exact) mass is 307 g/mol. The molecule has 1 N–H and O–H groups in total. The molecule has 2 atom stereocenters. The zero-order valence-electron chi connectivity index (χ0n) is 12.8. The number of hydrogen-bond acceptors (Lipinski definition) is 4. The van der Waals surface area contributed by atoms with E-state index < -0.39 is 5.97 Å². The zero-order chi connectivity index (χ0) is 16.1. The Labute approximate surface area is 129 Å². The summed E-state index contributed by atoms with van der Waals surface area (Å²) in [6.45, 7) is 0.433. The van der Waals surface area contributed by atoms with E-state index in [9.17, 15) is 9.59 Å². The number of para-hydroxylation sites is 1. The summed E-state index contributed by atoms with van der Waals surface area (Å²) in [7, 11) is 3.14. The van der Waals surface area contributed by atoms with Gasteiger partial charge in [-0.3, -0.25) is 9.59 Å². The van der Waals surface area contributed by atoms with Crippen molar-refractivity contribution < 1.29 is 24.2 Å². The molecule has 22 heavy (non-hydrogen) atoms. The summed E-state index contributed by atoms with van der Waals surface area (Å²) in [4.78, 5) is 25.2. The summed E-state index contributed by atoms with van der Waals surface area (Å²) in [6, 6.07) is 7.02. The molecule has 120 valence electrons. The summed E-state index contributed by atoms with van der Waals surface area (Å²) in [5.41, 5.74) is 0.796. The van der Waals surface area contributed by atoms with Gasteiger partial charge in [-0.1, -0.05) is 18.2 Å². The molecule has 0 spiro atoms. The van der Waals surface area contributed by atoms with Gasteiger partial charge in [-0.2, -0.15) is 0 Å². The molecule has 0 saturated carbocycles. The predicted molar refractivity (Wildman–Crippen MR) is 79.9 cm³/mol.